The van der Waals surface area contributed by atoms with Gasteiger partial charge in [0.2, 0.25) is 0 Å². The maximum Gasteiger partial charge on any atom is 0.181 e. The number of nitriles is 2. The lowest BCUT2D eigenvalue weighted by molar-refractivity contribution is 0.518. The van der Waals surface area contributed by atoms with Gasteiger partial charge < -0.3 is 0 Å². The molecule has 1 atom stereocenters. The highest BCUT2D eigenvalue weighted by molar-refractivity contribution is 7.21. The van der Waals surface area contributed by atoms with Crippen molar-refractivity contribution in [3.8, 4) is 12.1 Å². The molecule has 4 heteroatoms. The lowest BCUT2D eigenvalue weighted by atomic mass is 10.1. The Morgan fingerprint density at radius 1 is 1.21 bits per heavy atom. The van der Waals surface area contributed by atoms with Crippen LogP contribution in [0.25, 0.3) is 0 Å². The summed E-state index contributed by atoms with van der Waals surface area (Å²) in [6.45, 7) is 6.99. The zero-order valence-corrected chi connectivity index (χ0v) is 10.9. The molecule has 0 radical (unpaired) electrons. The Morgan fingerprint density at radius 3 is 1.93 bits per heavy atom. The molecule has 1 saturated heterocycles. The molecule has 1 aliphatic heterocycles. The van der Waals surface area contributed by atoms with Crippen LogP contribution < -0.4 is 0 Å². The third-order valence-electron chi connectivity index (χ3n) is 3.16. The number of rotatable bonds is 0. The standard InChI is InChI=1S/C8H17ClSi.C2N2/c1-8(2)6-4-5-7-10(8,3)9;3-1-2-4/h4-7H2,1-3H3;. The molecule has 0 amide bonds. The van der Waals surface area contributed by atoms with E-state index in [0.29, 0.717) is 5.04 Å². The average molecular weight is 229 g/mol. The van der Waals surface area contributed by atoms with E-state index in [1.165, 1.54) is 37.4 Å². The molecular formula is C10H17ClN2Si. The van der Waals surface area contributed by atoms with E-state index in [9.17, 15) is 0 Å². The van der Waals surface area contributed by atoms with E-state index in [1.54, 1.807) is 0 Å². The third kappa shape index (κ3) is 3.70. The molecule has 2 nitrogen and oxygen atoms in total. The summed E-state index contributed by atoms with van der Waals surface area (Å²) in [6.07, 6.45) is 4.11. The van der Waals surface area contributed by atoms with Crippen LogP contribution >= 0.6 is 11.1 Å². The first-order chi connectivity index (χ1) is 6.37. The molecule has 1 unspecified atom stereocenters. The van der Waals surface area contributed by atoms with Crippen molar-refractivity contribution < 1.29 is 0 Å². The number of halogens is 1. The Kier molecular flexibility index (Phi) is 5.19. The van der Waals surface area contributed by atoms with Gasteiger partial charge in [-0.1, -0.05) is 33.2 Å². The van der Waals surface area contributed by atoms with Crippen LogP contribution in [0.1, 0.15) is 33.1 Å². The molecule has 0 aliphatic carbocycles. The molecule has 14 heavy (non-hydrogen) atoms. The SMILES string of the molecule is CC1(C)CCCC[Si]1(C)Cl.N#CC#N. The summed E-state index contributed by atoms with van der Waals surface area (Å²) in [5, 5.41) is 15.0. The van der Waals surface area contributed by atoms with Gasteiger partial charge in [0.25, 0.3) is 0 Å². The third-order valence-corrected chi connectivity index (χ3v) is 9.63. The number of nitrogens with zero attached hydrogens (tertiary/aromatic N) is 2. The minimum atomic E-state index is -1.35. The van der Waals surface area contributed by atoms with Gasteiger partial charge in [-0.2, -0.15) is 21.6 Å². The van der Waals surface area contributed by atoms with Crippen molar-refractivity contribution in [3.63, 3.8) is 0 Å². The van der Waals surface area contributed by atoms with Crippen LogP contribution in [0, 0.1) is 22.7 Å². The van der Waals surface area contributed by atoms with Gasteiger partial charge in [0, 0.05) is 0 Å². The van der Waals surface area contributed by atoms with Crippen LogP contribution in [0.2, 0.25) is 17.6 Å². The highest BCUT2D eigenvalue weighted by Gasteiger charge is 2.43. The minimum Gasteiger partial charge on any atom is -0.181 e. The molecule has 1 fully saturated rings. The molecule has 1 rings (SSSR count). The first kappa shape index (κ1) is 13.5. The monoisotopic (exact) mass is 228 g/mol. The highest BCUT2D eigenvalue weighted by atomic mass is 35.6. The van der Waals surface area contributed by atoms with Crippen molar-refractivity contribution in [2.45, 2.75) is 50.7 Å². The van der Waals surface area contributed by atoms with Gasteiger partial charge in [-0.15, -0.1) is 0 Å². The van der Waals surface area contributed by atoms with Gasteiger partial charge in [0.15, 0.2) is 19.5 Å². The molecule has 1 heterocycles. The van der Waals surface area contributed by atoms with Crippen LogP contribution in [-0.2, 0) is 0 Å². The summed E-state index contributed by atoms with van der Waals surface area (Å²) in [5.74, 6) is 0. The van der Waals surface area contributed by atoms with Gasteiger partial charge in [-0.25, -0.2) is 0 Å². The van der Waals surface area contributed by atoms with Crippen LogP contribution in [-0.4, -0.2) is 7.38 Å². The molecule has 78 valence electrons. The van der Waals surface area contributed by atoms with E-state index in [4.69, 9.17) is 21.6 Å². The van der Waals surface area contributed by atoms with E-state index in [-0.39, 0.29) is 0 Å². The molecule has 0 aromatic heterocycles. The Balaban J connectivity index is 0.000000364. The van der Waals surface area contributed by atoms with E-state index in [0.717, 1.165) is 0 Å². The highest BCUT2D eigenvalue weighted by Crippen LogP contribution is 2.50. The van der Waals surface area contributed by atoms with Gasteiger partial charge in [-0.3, -0.25) is 0 Å². The average Bonchev–Trinajstić information content (AvgIpc) is 2.11. The van der Waals surface area contributed by atoms with Crippen molar-refractivity contribution in [2.24, 2.45) is 0 Å². The van der Waals surface area contributed by atoms with Crippen molar-refractivity contribution in [2.75, 3.05) is 0 Å². The van der Waals surface area contributed by atoms with Crippen molar-refractivity contribution in [1.82, 2.24) is 0 Å². The number of hydrogen-bond acceptors (Lipinski definition) is 2. The maximum absolute atomic E-state index is 7.26. The van der Waals surface area contributed by atoms with Gasteiger partial charge >= 0.3 is 0 Å². The normalized spacial score (nSPS) is 29.0. The number of hydrogen-bond donors (Lipinski definition) is 0. The smallest absolute Gasteiger partial charge is 0.181 e. The van der Waals surface area contributed by atoms with Crippen LogP contribution in [0.5, 0.6) is 0 Å². The predicted octanol–water partition coefficient (Wildman–Crippen LogP) is 3.80. The van der Waals surface area contributed by atoms with Crippen molar-refractivity contribution >= 4 is 18.5 Å². The molecule has 0 spiro atoms. The molecule has 1 aliphatic rings. The Labute approximate surface area is 92.2 Å². The fraction of sp³-hybridized carbons (Fsp3) is 0.800. The van der Waals surface area contributed by atoms with Crippen LogP contribution in [0.15, 0.2) is 0 Å². The summed E-state index contributed by atoms with van der Waals surface area (Å²) in [6, 6.07) is 3.79. The zero-order valence-electron chi connectivity index (χ0n) is 9.10. The lowest BCUT2D eigenvalue weighted by Gasteiger charge is -2.41. The Bertz CT molecular complexity index is 232. The van der Waals surface area contributed by atoms with Crippen molar-refractivity contribution in [3.05, 3.63) is 0 Å². The van der Waals surface area contributed by atoms with E-state index in [1.807, 2.05) is 0 Å². The molecule has 0 saturated carbocycles. The van der Waals surface area contributed by atoms with Gasteiger partial charge in [0.1, 0.15) is 0 Å². The second-order valence-corrected chi connectivity index (χ2v) is 11.3. The predicted molar refractivity (Wildman–Crippen MR) is 61.4 cm³/mol. The second-order valence-electron chi connectivity index (χ2n) is 4.51. The molecule has 0 N–H and O–H groups in total. The molecule has 0 aromatic rings. The molecule has 0 aromatic carbocycles. The van der Waals surface area contributed by atoms with E-state index < -0.39 is 7.38 Å². The molecule has 0 bridgehead atoms. The topological polar surface area (TPSA) is 47.6 Å². The van der Waals surface area contributed by atoms with Crippen LogP contribution in [0.4, 0.5) is 0 Å². The van der Waals surface area contributed by atoms with Gasteiger partial charge in [0.05, 0.1) is 0 Å². The second kappa shape index (κ2) is 5.39. The first-order valence-electron chi connectivity index (χ1n) is 4.84. The lowest BCUT2D eigenvalue weighted by Crippen LogP contribution is -2.38. The largest absolute Gasteiger partial charge is 0.181 e. The quantitative estimate of drug-likeness (QED) is 0.468. The zero-order chi connectivity index (χ0) is 11.2. The van der Waals surface area contributed by atoms with Gasteiger partial charge in [-0.05, 0) is 17.5 Å². The minimum absolute atomic E-state index is 0.479. The van der Waals surface area contributed by atoms with E-state index >= 15 is 0 Å². The fourth-order valence-electron chi connectivity index (χ4n) is 1.62. The van der Waals surface area contributed by atoms with Crippen molar-refractivity contribution in [1.29, 1.82) is 10.5 Å². The Hall–Kier alpha value is -0.513. The van der Waals surface area contributed by atoms with E-state index in [2.05, 4.69) is 20.4 Å². The summed E-state index contributed by atoms with van der Waals surface area (Å²) in [4.78, 5) is 0. The summed E-state index contributed by atoms with van der Waals surface area (Å²) >= 11 is 6.50. The Morgan fingerprint density at radius 2 is 1.71 bits per heavy atom. The fourth-order valence-corrected chi connectivity index (χ4v) is 4.60. The summed E-state index contributed by atoms with van der Waals surface area (Å²) in [7, 11) is -1.35. The van der Waals surface area contributed by atoms with Crippen LogP contribution in [0.3, 0.4) is 0 Å². The molecular weight excluding hydrogens is 212 g/mol. The first-order valence-corrected chi connectivity index (χ1v) is 8.56. The summed E-state index contributed by atoms with van der Waals surface area (Å²) in [5.41, 5.74) is 0. The maximum atomic E-state index is 7.26. The summed E-state index contributed by atoms with van der Waals surface area (Å²) < 4.78 is 0.